The maximum Gasteiger partial charge on any atom is 0.330 e. The van der Waals surface area contributed by atoms with Crippen molar-refractivity contribution in [3.05, 3.63) is 65.4 Å². The van der Waals surface area contributed by atoms with Crippen LogP contribution in [0.15, 0.2) is 48.7 Å². The second-order valence-corrected chi connectivity index (χ2v) is 6.67. The van der Waals surface area contributed by atoms with Gasteiger partial charge in [-0.3, -0.25) is 0 Å². The Balaban J connectivity index is 1.99. The van der Waals surface area contributed by atoms with Gasteiger partial charge in [-0.15, -0.1) is 0 Å². The van der Waals surface area contributed by atoms with E-state index >= 15 is 0 Å². The number of nitrogen functional groups attached to an aromatic ring is 2. The molecule has 31 heavy (non-hydrogen) atoms. The van der Waals surface area contributed by atoms with Crippen molar-refractivity contribution < 1.29 is 19.0 Å². The lowest BCUT2D eigenvalue weighted by Crippen LogP contribution is -2.04. The van der Waals surface area contributed by atoms with E-state index in [0.29, 0.717) is 23.7 Å². The molecule has 160 valence electrons. The topological polar surface area (TPSA) is 123 Å². The summed E-state index contributed by atoms with van der Waals surface area (Å²) in [6.45, 7) is 0. The molecule has 2 aromatic carbocycles. The fraction of sp³-hybridized carbons (Fsp3) is 0.174. The van der Waals surface area contributed by atoms with Crippen molar-refractivity contribution in [1.82, 2.24) is 9.97 Å². The maximum atomic E-state index is 11.3. The summed E-state index contributed by atoms with van der Waals surface area (Å²) in [6, 6.07) is 11.6. The molecule has 0 aliphatic rings. The summed E-state index contributed by atoms with van der Waals surface area (Å²) in [4.78, 5) is 19.3. The normalized spacial score (nSPS) is 10.8. The molecule has 0 unspecified atom stereocenters. The number of rotatable bonds is 7. The Morgan fingerprint density at radius 3 is 2.42 bits per heavy atom. The molecule has 0 amide bonds. The Morgan fingerprint density at radius 2 is 1.81 bits per heavy atom. The first-order valence-electron chi connectivity index (χ1n) is 9.43. The largest absolute Gasteiger partial charge is 0.493 e. The zero-order chi connectivity index (χ0) is 22.4. The van der Waals surface area contributed by atoms with Gasteiger partial charge < -0.3 is 25.7 Å². The molecule has 0 saturated carbocycles. The van der Waals surface area contributed by atoms with Crippen LogP contribution in [0.2, 0.25) is 0 Å². The molecule has 0 aliphatic carbocycles. The van der Waals surface area contributed by atoms with Gasteiger partial charge in [-0.05, 0) is 34.9 Å². The zero-order valence-electron chi connectivity index (χ0n) is 17.6. The Hall–Kier alpha value is -4.07. The molecule has 0 aliphatic heterocycles. The third kappa shape index (κ3) is 5.11. The summed E-state index contributed by atoms with van der Waals surface area (Å²) in [6.07, 6.45) is 5.18. The van der Waals surface area contributed by atoms with Crippen LogP contribution in [0.3, 0.4) is 0 Å². The van der Waals surface area contributed by atoms with Crippen LogP contribution >= 0.6 is 0 Å². The van der Waals surface area contributed by atoms with Crippen LogP contribution < -0.4 is 20.9 Å². The van der Waals surface area contributed by atoms with E-state index in [1.165, 1.54) is 13.2 Å². The lowest BCUT2D eigenvalue weighted by Gasteiger charge is -2.16. The third-order valence-corrected chi connectivity index (χ3v) is 4.68. The molecule has 8 heteroatoms. The van der Waals surface area contributed by atoms with E-state index in [2.05, 4.69) is 14.7 Å². The number of ether oxygens (including phenoxy) is 3. The SMILES string of the molecule is COC(=O)/C=C/c1ccc(-c2cc(Cc3cnc(N)nc3N)cc(OC)c2OC)cc1. The molecule has 0 atom stereocenters. The Labute approximate surface area is 180 Å². The Bertz CT molecular complexity index is 1110. The maximum absolute atomic E-state index is 11.3. The van der Waals surface area contributed by atoms with Gasteiger partial charge in [0.15, 0.2) is 11.5 Å². The second kappa shape index (κ2) is 9.62. The standard InChI is InChI=1S/C23H24N4O4/c1-29-19-12-15(10-17-13-26-23(25)27-22(17)24)11-18(21(19)31-3)16-7-4-14(5-8-16)6-9-20(28)30-2/h4-9,11-13H,10H2,1-3H3,(H4,24,25,26,27)/b9-6+. The number of esters is 1. The van der Waals surface area contributed by atoms with Crippen molar-refractivity contribution in [2.24, 2.45) is 0 Å². The summed E-state index contributed by atoms with van der Waals surface area (Å²) in [7, 11) is 4.53. The van der Waals surface area contributed by atoms with Gasteiger partial charge in [-0.1, -0.05) is 24.3 Å². The van der Waals surface area contributed by atoms with Crippen LogP contribution in [0.1, 0.15) is 16.7 Å². The number of carbonyl (C=O) groups excluding carboxylic acids is 1. The molecule has 8 nitrogen and oxygen atoms in total. The lowest BCUT2D eigenvalue weighted by molar-refractivity contribution is -0.134. The minimum absolute atomic E-state index is 0.135. The molecule has 0 fully saturated rings. The van der Waals surface area contributed by atoms with Gasteiger partial charge in [0.05, 0.1) is 21.3 Å². The highest BCUT2D eigenvalue weighted by molar-refractivity contribution is 5.87. The molecular formula is C23H24N4O4. The first-order valence-corrected chi connectivity index (χ1v) is 9.43. The summed E-state index contributed by atoms with van der Waals surface area (Å²) >= 11 is 0. The molecule has 1 heterocycles. The average Bonchev–Trinajstić information content (AvgIpc) is 2.79. The summed E-state index contributed by atoms with van der Waals surface area (Å²) in [5.41, 5.74) is 15.9. The molecule has 0 radical (unpaired) electrons. The number of hydrogen-bond acceptors (Lipinski definition) is 8. The van der Waals surface area contributed by atoms with Crippen molar-refractivity contribution in [1.29, 1.82) is 0 Å². The van der Waals surface area contributed by atoms with Crippen LogP contribution in [0.5, 0.6) is 11.5 Å². The summed E-state index contributed by atoms with van der Waals surface area (Å²) in [5.74, 6) is 1.28. The van der Waals surface area contributed by atoms with Gasteiger partial charge in [0.2, 0.25) is 5.95 Å². The number of aromatic nitrogens is 2. The number of methoxy groups -OCH3 is 3. The van der Waals surface area contributed by atoms with E-state index in [4.69, 9.17) is 20.9 Å². The van der Waals surface area contributed by atoms with Gasteiger partial charge in [0, 0.05) is 29.8 Å². The minimum atomic E-state index is -0.408. The van der Waals surface area contributed by atoms with Crippen LogP contribution in [-0.4, -0.2) is 37.3 Å². The summed E-state index contributed by atoms with van der Waals surface area (Å²) in [5, 5.41) is 0. The van der Waals surface area contributed by atoms with Crippen molar-refractivity contribution in [3.8, 4) is 22.6 Å². The van der Waals surface area contributed by atoms with Crippen molar-refractivity contribution in [3.63, 3.8) is 0 Å². The number of anilines is 2. The quantitative estimate of drug-likeness (QED) is 0.442. The Kier molecular flexibility index (Phi) is 6.71. The fourth-order valence-corrected chi connectivity index (χ4v) is 3.13. The molecule has 0 saturated heterocycles. The molecular weight excluding hydrogens is 396 g/mol. The summed E-state index contributed by atoms with van der Waals surface area (Å²) < 4.78 is 15.8. The Morgan fingerprint density at radius 1 is 1.06 bits per heavy atom. The number of carbonyl (C=O) groups is 1. The highest BCUT2D eigenvalue weighted by Gasteiger charge is 2.15. The van der Waals surface area contributed by atoms with Gasteiger partial charge in [-0.25, -0.2) is 9.78 Å². The monoisotopic (exact) mass is 420 g/mol. The van der Waals surface area contributed by atoms with Gasteiger partial charge >= 0.3 is 5.97 Å². The van der Waals surface area contributed by atoms with E-state index in [9.17, 15) is 4.79 Å². The highest BCUT2D eigenvalue weighted by atomic mass is 16.5. The van der Waals surface area contributed by atoms with E-state index < -0.39 is 5.97 Å². The van der Waals surface area contributed by atoms with Gasteiger partial charge in [0.25, 0.3) is 0 Å². The molecule has 0 bridgehead atoms. The first-order chi connectivity index (χ1) is 14.9. The number of hydrogen-bond donors (Lipinski definition) is 2. The molecule has 0 spiro atoms. The minimum Gasteiger partial charge on any atom is -0.493 e. The third-order valence-electron chi connectivity index (χ3n) is 4.68. The molecule has 4 N–H and O–H groups in total. The van der Waals surface area contributed by atoms with E-state index in [-0.39, 0.29) is 5.95 Å². The molecule has 1 aromatic heterocycles. The molecule has 3 rings (SSSR count). The zero-order valence-corrected chi connectivity index (χ0v) is 17.6. The average molecular weight is 420 g/mol. The highest BCUT2D eigenvalue weighted by Crippen LogP contribution is 2.40. The number of benzene rings is 2. The number of nitrogens with zero attached hydrogens (tertiary/aromatic N) is 2. The van der Waals surface area contributed by atoms with Gasteiger partial charge in [0.1, 0.15) is 5.82 Å². The smallest absolute Gasteiger partial charge is 0.330 e. The van der Waals surface area contributed by atoms with Crippen molar-refractivity contribution in [2.75, 3.05) is 32.8 Å². The van der Waals surface area contributed by atoms with Crippen LogP contribution in [-0.2, 0) is 16.0 Å². The fourth-order valence-electron chi connectivity index (χ4n) is 3.13. The van der Waals surface area contributed by atoms with E-state index in [1.54, 1.807) is 26.5 Å². The van der Waals surface area contributed by atoms with E-state index in [0.717, 1.165) is 27.8 Å². The predicted octanol–water partition coefficient (Wildman–Crippen LogP) is 3.10. The van der Waals surface area contributed by atoms with Crippen LogP contribution in [0.25, 0.3) is 17.2 Å². The first kappa shape index (κ1) is 21.6. The molecule has 3 aromatic rings. The van der Waals surface area contributed by atoms with Crippen LogP contribution in [0, 0.1) is 0 Å². The number of nitrogens with two attached hydrogens (primary N) is 2. The predicted molar refractivity (Wildman–Crippen MR) is 120 cm³/mol. The second-order valence-electron chi connectivity index (χ2n) is 6.67. The van der Waals surface area contributed by atoms with Crippen molar-refractivity contribution in [2.45, 2.75) is 6.42 Å². The lowest BCUT2D eigenvalue weighted by atomic mass is 9.97. The van der Waals surface area contributed by atoms with Crippen molar-refractivity contribution >= 4 is 23.8 Å². The van der Waals surface area contributed by atoms with E-state index in [1.807, 2.05) is 36.4 Å². The van der Waals surface area contributed by atoms with Crippen LogP contribution in [0.4, 0.5) is 11.8 Å². The van der Waals surface area contributed by atoms with Gasteiger partial charge in [-0.2, -0.15) is 4.98 Å².